The Morgan fingerprint density at radius 2 is 1.64 bits per heavy atom. The molecule has 0 spiro atoms. The predicted octanol–water partition coefficient (Wildman–Crippen LogP) is 4.00. The van der Waals surface area contributed by atoms with Crippen LogP contribution in [-0.4, -0.2) is 94.5 Å². The lowest BCUT2D eigenvalue weighted by molar-refractivity contribution is -0.146. The lowest BCUT2D eigenvalue weighted by atomic mass is 10.0. The monoisotopic (exact) mass is 694 g/mol. The van der Waals surface area contributed by atoms with Gasteiger partial charge in [-0.05, 0) is 48.4 Å². The van der Waals surface area contributed by atoms with Crippen LogP contribution in [0.3, 0.4) is 0 Å². The van der Waals surface area contributed by atoms with Gasteiger partial charge in [0.2, 0.25) is 11.8 Å². The van der Waals surface area contributed by atoms with Gasteiger partial charge in [0.15, 0.2) is 0 Å². The number of halogens is 2. The lowest BCUT2D eigenvalue weighted by Crippen LogP contribution is -2.56. The van der Waals surface area contributed by atoms with Crippen LogP contribution < -0.4 is 10.6 Å². The molecule has 0 bridgehead atoms. The normalized spacial score (nSPS) is 31.1. The fraction of sp³-hybridized carbons (Fsp3) is 0.656. The molecule has 0 unspecified atom stereocenters. The van der Waals surface area contributed by atoms with Crippen LogP contribution in [0.4, 0.5) is 9.59 Å². The van der Waals surface area contributed by atoms with E-state index in [4.69, 9.17) is 37.4 Å². The number of rotatable bonds is 4. The van der Waals surface area contributed by atoms with Crippen LogP contribution in [0.25, 0.3) is 0 Å². The minimum absolute atomic E-state index is 0.0291. The van der Waals surface area contributed by atoms with Crippen molar-refractivity contribution >= 4 is 53.2 Å². The van der Waals surface area contributed by atoms with Crippen molar-refractivity contribution in [2.24, 2.45) is 5.92 Å². The number of carbonyl (C=O) groups is 5. The minimum atomic E-state index is -1.39. The number of amides is 4. The maximum Gasteiger partial charge on any atom is 0.410 e. The minimum Gasteiger partial charge on any atom is -0.479 e. The van der Waals surface area contributed by atoms with Crippen LogP contribution in [0, 0.1) is 5.92 Å². The average molecular weight is 696 g/mol. The molecule has 1 aromatic rings. The number of aliphatic carboxylic acids is 1. The van der Waals surface area contributed by atoms with Crippen LogP contribution in [0.1, 0.15) is 75.3 Å². The summed E-state index contributed by atoms with van der Waals surface area (Å²) in [6.07, 6.45) is 3.30. The smallest absolute Gasteiger partial charge is 0.410 e. The zero-order valence-electron chi connectivity index (χ0n) is 26.0. The van der Waals surface area contributed by atoms with Gasteiger partial charge in [0, 0.05) is 25.9 Å². The van der Waals surface area contributed by atoms with Crippen LogP contribution in [0.5, 0.6) is 0 Å². The molecule has 4 heterocycles. The fourth-order valence-electron chi connectivity index (χ4n) is 7.22. The SMILES string of the molecule is O=C(N[C@H]1CCCCCCC[C@@H]2C[C@@]2(C(=O)O)NC(=O)[C@@H]2C[C@@H](OC(=O)N3Cc4cc(Cl)c(Cl)cc4C3)CN2C1=O)O[C@@H]1CCOC1. The number of nitrogens with zero attached hydrogens (tertiary/aromatic N) is 2. The van der Waals surface area contributed by atoms with Gasteiger partial charge in [-0.3, -0.25) is 14.5 Å². The van der Waals surface area contributed by atoms with Gasteiger partial charge in [-0.1, -0.05) is 55.3 Å². The molecule has 6 rings (SSSR count). The summed E-state index contributed by atoms with van der Waals surface area (Å²) in [4.78, 5) is 69.3. The van der Waals surface area contributed by atoms with E-state index in [1.165, 1.54) is 9.80 Å². The standard InChI is InChI=1S/C32H40Cl2N4O9/c33-23-10-18-14-37(15-19(18)11-24(23)34)31(44)47-22-12-26-27(39)36-32(29(41)42)13-20(32)6-4-2-1-3-5-7-25(28(40)38(26)16-22)35-30(43)46-21-8-9-45-17-21/h10-11,20-22,25-26H,1-9,12-17H2,(H,35,43)(H,36,39)(H,41,42)/t20-,21-,22-,25+,26+,32-/m1/s1. The number of hydrogen-bond acceptors (Lipinski definition) is 8. The Balaban J connectivity index is 1.20. The van der Waals surface area contributed by atoms with Gasteiger partial charge < -0.3 is 34.9 Å². The van der Waals surface area contributed by atoms with E-state index in [0.29, 0.717) is 48.8 Å². The number of alkyl carbamates (subject to hydrolysis) is 1. The van der Waals surface area contributed by atoms with E-state index in [-0.39, 0.29) is 38.6 Å². The fourth-order valence-corrected chi connectivity index (χ4v) is 7.59. The second kappa shape index (κ2) is 14.1. The average Bonchev–Trinajstić information content (AvgIpc) is 3.42. The van der Waals surface area contributed by atoms with E-state index < -0.39 is 59.8 Å². The Bertz CT molecular complexity index is 1390. The lowest BCUT2D eigenvalue weighted by Gasteiger charge is -2.29. The zero-order valence-corrected chi connectivity index (χ0v) is 27.5. The highest BCUT2D eigenvalue weighted by Crippen LogP contribution is 2.47. The predicted molar refractivity (Wildman–Crippen MR) is 168 cm³/mol. The number of benzene rings is 1. The summed E-state index contributed by atoms with van der Waals surface area (Å²) in [7, 11) is 0. The molecule has 6 atom stereocenters. The van der Waals surface area contributed by atoms with Gasteiger partial charge in [-0.15, -0.1) is 0 Å². The Labute approximate surface area is 282 Å². The second-order valence-corrected chi connectivity index (χ2v) is 14.1. The van der Waals surface area contributed by atoms with Crippen molar-refractivity contribution in [2.75, 3.05) is 19.8 Å². The van der Waals surface area contributed by atoms with Gasteiger partial charge in [-0.25, -0.2) is 14.4 Å². The molecular weight excluding hydrogens is 655 g/mol. The molecule has 47 heavy (non-hydrogen) atoms. The van der Waals surface area contributed by atoms with Crippen molar-refractivity contribution in [3.8, 4) is 0 Å². The van der Waals surface area contributed by atoms with Gasteiger partial charge in [0.1, 0.15) is 29.8 Å². The number of ether oxygens (including phenoxy) is 3. The summed E-state index contributed by atoms with van der Waals surface area (Å²) < 4.78 is 16.6. The summed E-state index contributed by atoms with van der Waals surface area (Å²) in [5.41, 5.74) is 0.288. The molecule has 1 aromatic carbocycles. The highest BCUT2D eigenvalue weighted by Gasteiger charge is 2.62. The van der Waals surface area contributed by atoms with E-state index in [0.717, 1.165) is 36.8 Å². The Morgan fingerprint density at radius 1 is 0.957 bits per heavy atom. The van der Waals surface area contributed by atoms with Gasteiger partial charge in [0.25, 0.3) is 0 Å². The second-order valence-electron chi connectivity index (χ2n) is 13.2. The van der Waals surface area contributed by atoms with E-state index in [1.807, 2.05) is 0 Å². The Morgan fingerprint density at radius 3 is 2.30 bits per heavy atom. The van der Waals surface area contributed by atoms with Crippen molar-refractivity contribution < 1.29 is 43.3 Å². The first-order valence-electron chi connectivity index (χ1n) is 16.4. The van der Waals surface area contributed by atoms with E-state index in [9.17, 15) is 29.1 Å². The third-order valence-corrected chi connectivity index (χ3v) is 10.7. The highest BCUT2D eigenvalue weighted by molar-refractivity contribution is 6.42. The largest absolute Gasteiger partial charge is 0.479 e. The Kier molecular flexibility index (Phi) is 10.0. The van der Waals surface area contributed by atoms with Crippen molar-refractivity contribution in [2.45, 2.75) is 107 Å². The molecule has 0 aromatic heterocycles. The van der Waals surface area contributed by atoms with E-state index in [1.54, 1.807) is 12.1 Å². The molecule has 256 valence electrons. The molecule has 3 N–H and O–H groups in total. The maximum absolute atomic E-state index is 14.1. The van der Waals surface area contributed by atoms with Gasteiger partial charge in [0.05, 0.1) is 29.8 Å². The molecule has 5 aliphatic rings. The third-order valence-electron chi connectivity index (χ3n) is 9.97. The highest BCUT2D eigenvalue weighted by atomic mass is 35.5. The molecule has 4 fully saturated rings. The summed E-state index contributed by atoms with van der Waals surface area (Å²) in [6, 6.07) is 1.32. The number of fused-ring (bicyclic) bond motifs is 3. The number of carboxylic acids is 1. The number of carbonyl (C=O) groups excluding carboxylic acids is 4. The summed E-state index contributed by atoms with van der Waals surface area (Å²) in [5, 5.41) is 16.3. The first kappa shape index (κ1) is 33.6. The zero-order chi connectivity index (χ0) is 33.3. The first-order chi connectivity index (χ1) is 22.5. The maximum atomic E-state index is 14.1. The molecule has 4 aliphatic heterocycles. The van der Waals surface area contributed by atoms with Crippen LogP contribution in [0.2, 0.25) is 10.0 Å². The van der Waals surface area contributed by atoms with E-state index in [2.05, 4.69) is 10.6 Å². The molecule has 3 saturated heterocycles. The summed E-state index contributed by atoms with van der Waals surface area (Å²) in [5.74, 6) is -2.45. The number of carboxylic acid groups (broad SMARTS) is 1. The van der Waals surface area contributed by atoms with Crippen molar-refractivity contribution in [3.05, 3.63) is 33.3 Å². The summed E-state index contributed by atoms with van der Waals surface area (Å²) in [6.45, 7) is 1.17. The summed E-state index contributed by atoms with van der Waals surface area (Å²) >= 11 is 12.3. The van der Waals surface area contributed by atoms with Crippen LogP contribution in [0.15, 0.2) is 12.1 Å². The number of hydrogen-bond donors (Lipinski definition) is 3. The van der Waals surface area contributed by atoms with Crippen LogP contribution in [-0.2, 0) is 41.7 Å². The van der Waals surface area contributed by atoms with Crippen molar-refractivity contribution in [1.82, 2.24) is 20.4 Å². The molecule has 4 amide bonds. The molecule has 0 radical (unpaired) electrons. The van der Waals surface area contributed by atoms with Crippen LogP contribution >= 0.6 is 23.2 Å². The van der Waals surface area contributed by atoms with E-state index >= 15 is 0 Å². The topological polar surface area (TPSA) is 164 Å². The quantitative estimate of drug-likeness (QED) is 0.423. The molecule has 1 aliphatic carbocycles. The number of nitrogens with one attached hydrogen (secondary N) is 2. The van der Waals surface area contributed by atoms with Gasteiger partial charge >= 0.3 is 18.2 Å². The molecule has 13 nitrogen and oxygen atoms in total. The Hall–Kier alpha value is -3.29. The molecule has 1 saturated carbocycles. The molecular formula is C32H40Cl2N4O9. The van der Waals surface area contributed by atoms with Crippen molar-refractivity contribution in [1.29, 1.82) is 0 Å². The first-order valence-corrected chi connectivity index (χ1v) is 17.1. The third kappa shape index (κ3) is 7.41. The van der Waals surface area contributed by atoms with Gasteiger partial charge in [-0.2, -0.15) is 0 Å². The molecule has 15 heteroatoms. The van der Waals surface area contributed by atoms with Crippen molar-refractivity contribution in [3.63, 3.8) is 0 Å².